The lowest BCUT2D eigenvalue weighted by Gasteiger charge is -2.28. The molecule has 1 amide bonds. The number of alkyl halides is 2. The Balaban J connectivity index is 2.33. The summed E-state index contributed by atoms with van der Waals surface area (Å²) in [5.41, 5.74) is 4.94. The molecular formula is C15H19ClF2N2O3S. The van der Waals surface area contributed by atoms with E-state index in [0.717, 1.165) is 0 Å². The first kappa shape index (κ1) is 19.1. The minimum Gasteiger partial charge on any atom is -0.349 e. The quantitative estimate of drug-likeness (QED) is 0.791. The first-order chi connectivity index (χ1) is 11.1. The summed E-state index contributed by atoms with van der Waals surface area (Å²) < 4.78 is 50.8. The molecular weight excluding hydrogens is 362 g/mol. The molecule has 0 aromatic heterocycles. The van der Waals surface area contributed by atoms with Crippen LogP contribution in [-0.2, 0) is 14.6 Å². The fourth-order valence-electron chi connectivity index (χ4n) is 2.85. The second kappa shape index (κ2) is 6.93. The van der Waals surface area contributed by atoms with Crippen molar-refractivity contribution in [3.8, 4) is 0 Å². The molecule has 0 unspecified atom stereocenters. The zero-order valence-electron chi connectivity index (χ0n) is 12.9. The topological polar surface area (TPSA) is 89.3 Å². The van der Waals surface area contributed by atoms with Gasteiger partial charge in [-0.1, -0.05) is 24.4 Å². The average molecular weight is 381 g/mol. The average Bonchev–Trinajstić information content (AvgIpc) is 3.04. The van der Waals surface area contributed by atoms with E-state index in [-0.39, 0.29) is 17.7 Å². The molecule has 1 aromatic rings. The number of carbonyl (C=O) groups excluding carboxylic acids is 1. The first-order valence-corrected chi connectivity index (χ1v) is 9.37. The van der Waals surface area contributed by atoms with Gasteiger partial charge in [-0.2, -0.15) is 0 Å². The van der Waals surface area contributed by atoms with Gasteiger partial charge in [-0.05, 0) is 37.1 Å². The van der Waals surface area contributed by atoms with Gasteiger partial charge < -0.3 is 11.1 Å². The largest absolute Gasteiger partial charge is 0.349 e. The van der Waals surface area contributed by atoms with Crippen LogP contribution in [0.25, 0.3) is 0 Å². The summed E-state index contributed by atoms with van der Waals surface area (Å²) in [5.74, 6) is -4.18. The van der Waals surface area contributed by atoms with Crippen LogP contribution in [0.2, 0.25) is 5.02 Å². The molecule has 24 heavy (non-hydrogen) atoms. The highest BCUT2D eigenvalue weighted by Gasteiger charge is 2.53. The molecule has 2 rings (SSSR count). The third-order valence-electron chi connectivity index (χ3n) is 4.27. The van der Waals surface area contributed by atoms with Crippen molar-refractivity contribution in [1.82, 2.24) is 5.32 Å². The van der Waals surface area contributed by atoms with Gasteiger partial charge in [0.15, 0.2) is 14.6 Å². The Hall–Kier alpha value is -1.25. The van der Waals surface area contributed by atoms with Crippen LogP contribution in [0.5, 0.6) is 0 Å². The molecule has 0 bridgehead atoms. The Morgan fingerprint density at radius 1 is 1.25 bits per heavy atom. The molecule has 1 fully saturated rings. The minimum absolute atomic E-state index is 0.0467. The van der Waals surface area contributed by atoms with Gasteiger partial charge >= 0.3 is 0 Å². The van der Waals surface area contributed by atoms with Gasteiger partial charge in [0, 0.05) is 5.02 Å². The number of hydrogen-bond donors (Lipinski definition) is 2. The predicted molar refractivity (Wildman–Crippen MR) is 86.8 cm³/mol. The van der Waals surface area contributed by atoms with Crippen molar-refractivity contribution in [3.63, 3.8) is 0 Å². The lowest BCUT2D eigenvalue weighted by Crippen LogP contribution is -2.53. The molecule has 5 nitrogen and oxygen atoms in total. The maximum absolute atomic E-state index is 13.3. The normalized spacial score (nSPS) is 17.7. The number of halogens is 3. The Morgan fingerprint density at radius 2 is 1.79 bits per heavy atom. The van der Waals surface area contributed by atoms with Gasteiger partial charge in [0.25, 0.3) is 5.92 Å². The standard InChI is InChI=1S/C15H19ClF2N2O3S/c16-11-3-5-12(6-4-11)24(22,23)14(7-1-2-8-14)13(21)20-10-15(17,18)9-19/h3-6H,1-2,7-10,19H2,(H,20,21). The monoisotopic (exact) mass is 380 g/mol. The maximum atomic E-state index is 13.3. The third kappa shape index (κ3) is 3.55. The van der Waals surface area contributed by atoms with E-state index in [0.29, 0.717) is 17.9 Å². The van der Waals surface area contributed by atoms with E-state index in [1.165, 1.54) is 24.3 Å². The van der Waals surface area contributed by atoms with E-state index < -0.39 is 39.5 Å². The minimum atomic E-state index is -4.04. The predicted octanol–water partition coefficient (Wildman–Crippen LogP) is 2.14. The number of hydrogen-bond acceptors (Lipinski definition) is 4. The van der Waals surface area contributed by atoms with Crippen molar-refractivity contribution in [3.05, 3.63) is 29.3 Å². The maximum Gasteiger partial charge on any atom is 0.277 e. The van der Waals surface area contributed by atoms with E-state index in [4.69, 9.17) is 17.3 Å². The number of benzene rings is 1. The molecule has 1 aliphatic carbocycles. The van der Waals surface area contributed by atoms with Gasteiger partial charge in [-0.25, -0.2) is 17.2 Å². The molecule has 1 saturated carbocycles. The van der Waals surface area contributed by atoms with Crippen LogP contribution in [-0.4, -0.2) is 38.1 Å². The molecule has 0 spiro atoms. The summed E-state index contributed by atoms with van der Waals surface area (Å²) in [5, 5.41) is 2.43. The number of sulfone groups is 1. The van der Waals surface area contributed by atoms with Crippen LogP contribution >= 0.6 is 11.6 Å². The van der Waals surface area contributed by atoms with Gasteiger partial charge in [0.05, 0.1) is 18.0 Å². The molecule has 3 N–H and O–H groups in total. The Kier molecular flexibility index (Phi) is 5.51. The second-order valence-electron chi connectivity index (χ2n) is 5.90. The highest BCUT2D eigenvalue weighted by atomic mass is 35.5. The van der Waals surface area contributed by atoms with E-state index in [1.807, 2.05) is 0 Å². The zero-order chi connectivity index (χ0) is 18.0. The Labute approximate surface area is 144 Å². The van der Waals surface area contributed by atoms with Crippen LogP contribution in [0, 0.1) is 0 Å². The number of nitrogens with one attached hydrogen (secondary N) is 1. The highest BCUT2D eigenvalue weighted by molar-refractivity contribution is 7.93. The van der Waals surface area contributed by atoms with Gasteiger partial charge in [0.1, 0.15) is 0 Å². The first-order valence-electron chi connectivity index (χ1n) is 7.51. The molecule has 0 saturated heterocycles. The molecule has 1 aromatic carbocycles. The Bertz CT molecular complexity index is 702. The molecule has 134 valence electrons. The number of rotatable bonds is 6. The molecule has 0 atom stereocenters. The molecule has 0 aliphatic heterocycles. The van der Waals surface area contributed by atoms with Crippen LogP contribution in [0.1, 0.15) is 25.7 Å². The zero-order valence-corrected chi connectivity index (χ0v) is 14.5. The number of nitrogens with two attached hydrogens (primary N) is 1. The SMILES string of the molecule is NCC(F)(F)CNC(=O)C1(S(=O)(=O)c2ccc(Cl)cc2)CCCC1. The smallest absolute Gasteiger partial charge is 0.277 e. The molecule has 1 aliphatic rings. The van der Waals surface area contributed by atoms with Crippen molar-refractivity contribution < 1.29 is 22.0 Å². The second-order valence-corrected chi connectivity index (χ2v) is 8.60. The lowest BCUT2D eigenvalue weighted by atomic mass is 10.1. The van der Waals surface area contributed by atoms with Crippen LogP contribution < -0.4 is 11.1 Å². The molecule has 0 radical (unpaired) electrons. The fraction of sp³-hybridized carbons (Fsp3) is 0.533. The van der Waals surface area contributed by atoms with Crippen molar-refractivity contribution in [2.75, 3.05) is 13.1 Å². The van der Waals surface area contributed by atoms with Crippen molar-refractivity contribution in [2.24, 2.45) is 5.73 Å². The van der Waals surface area contributed by atoms with E-state index >= 15 is 0 Å². The summed E-state index contributed by atoms with van der Waals surface area (Å²) in [6.45, 7) is -1.91. The van der Waals surface area contributed by atoms with Crippen molar-refractivity contribution in [1.29, 1.82) is 0 Å². The highest BCUT2D eigenvalue weighted by Crippen LogP contribution is 2.41. The van der Waals surface area contributed by atoms with Crippen LogP contribution in [0.4, 0.5) is 8.78 Å². The summed E-state index contributed by atoms with van der Waals surface area (Å²) in [6.07, 6.45) is 1.26. The van der Waals surface area contributed by atoms with Crippen molar-refractivity contribution >= 4 is 27.3 Å². The third-order valence-corrected chi connectivity index (χ3v) is 7.04. The summed E-state index contributed by atoms with van der Waals surface area (Å²) >= 11 is 5.77. The fourth-order valence-corrected chi connectivity index (χ4v) is 5.06. The van der Waals surface area contributed by atoms with Crippen molar-refractivity contribution in [2.45, 2.75) is 41.2 Å². The van der Waals surface area contributed by atoms with E-state index in [1.54, 1.807) is 0 Å². The van der Waals surface area contributed by atoms with E-state index in [2.05, 4.69) is 5.32 Å². The number of carbonyl (C=O) groups is 1. The molecule has 0 heterocycles. The summed E-state index contributed by atoms with van der Waals surface area (Å²) in [4.78, 5) is 12.5. The molecule has 9 heteroatoms. The van der Waals surface area contributed by atoms with Gasteiger partial charge in [-0.3, -0.25) is 4.79 Å². The van der Waals surface area contributed by atoms with Crippen LogP contribution in [0.15, 0.2) is 29.2 Å². The van der Waals surface area contributed by atoms with Gasteiger partial charge in [-0.15, -0.1) is 0 Å². The summed E-state index contributed by atoms with van der Waals surface area (Å²) in [6, 6.07) is 5.47. The summed E-state index contributed by atoms with van der Waals surface area (Å²) in [7, 11) is -4.04. The Morgan fingerprint density at radius 3 is 2.29 bits per heavy atom. The van der Waals surface area contributed by atoms with Crippen LogP contribution in [0.3, 0.4) is 0 Å². The lowest BCUT2D eigenvalue weighted by molar-refractivity contribution is -0.125. The van der Waals surface area contributed by atoms with Gasteiger partial charge in [0.2, 0.25) is 5.91 Å². The van der Waals surface area contributed by atoms with E-state index in [9.17, 15) is 22.0 Å². The number of amides is 1.